The van der Waals surface area contributed by atoms with Crippen LogP contribution < -0.4 is 22.1 Å². The molecule has 9 heteroatoms. The number of hydrogen-bond acceptors (Lipinski definition) is 8. The molecule has 0 radical (unpaired) electrons. The summed E-state index contributed by atoms with van der Waals surface area (Å²) in [5.74, 6) is 0.362. The monoisotopic (exact) mass is 409 g/mol. The first-order chi connectivity index (χ1) is 13.9. The van der Waals surface area contributed by atoms with Gasteiger partial charge in [0, 0.05) is 11.7 Å². The minimum absolute atomic E-state index is 0.0500. The second-order valence-electron chi connectivity index (χ2n) is 7.04. The van der Waals surface area contributed by atoms with Crippen molar-refractivity contribution >= 4 is 44.8 Å². The van der Waals surface area contributed by atoms with E-state index in [4.69, 9.17) is 11.5 Å². The summed E-state index contributed by atoms with van der Waals surface area (Å²) in [5, 5.41) is 15.9. The normalized spacial score (nSPS) is 12.9. The number of primary amides is 1. The molecule has 3 rings (SSSR count). The molecule has 0 bridgehead atoms. The number of nitrogens with zero attached hydrogens (tertiary/aromatic N) is 3. The largest absolute Gasteiger partial charge is 0.366 e. The van der Waals surface area contributed by atoms with Crippen LogP contribution in [0.5, 0.6) is 0 Å². The van der Waals surface area contributed by atoms with Crippen molar-refractivity contribution in [2.45, 2.75) is 26.3 Å². The quantitative estimate of drug-likeness (QED) is 0.447. The molecule has 0 aliphatic carbocycles. The Morgan fingerprint density at radius 2 is 2.10 bits per heavy atom. The molecule has 0 saturated carbocycles. The molecule has 0 fully saturated rings. The molecule has 150 valence electrons. The lowest BCUT2D eigenvalue weighted by atomic mass is 10.0. The molecule has 2 aromatic heterocycles. The van der Waals surface area contributed by atoms with Crippen molar-refractivity contribution in [1.82, 2.24) is 9.97 Å². The van der Waals surface area contributed by atoms with E-state index in [0.29, 0.717) is 24.1 Å². The third kappa shape index (κ3) is 4.80. The molecule has 2 unspecified atom stereocenters. The van der Waals surface area contributed by atoms with Crippen molar-refractivity contribution in [3.63, 3.8) is 0 Å². The van der Waals surface area contributed by atoms with Gasteiger partial charge in [-0.25, -0.2) is 9.97 Å². The van der Waals surface area contributed by atoms with Gasteiger partial charge < -0.3 is 22.1 Å². The van der Waals surface area contributed by atoms with E-state index in [9.17, 15) is 10.1 Å². The number of rotatable bonds is 8. The number of nitriles is 1. The zero-order valence-corrected chi connectivity index (χ0v) is 17.1. The zero-order chi connectivity index (χ0) is 21.0. The number of anilines is 3. The fourth-order valence-corrected chi connectivity index (χ4v) is 3.77. The smallest absolute Gasteiger partial charge is 0.252 e. The molecule has 0 saturated heterocycles. The van der Waals surface area contributed by atoms with Crippen LogP contribution >= 0.6 is 11.3 Å². The highest BCUT2D eigenvalue weighted by Crippen LogP contribution is 2.28. The highest BCUT2D eigenvalue weighted by molar-refractivity contribution is 7.16. The average molecular weight is 410 g/mol. The lowest BCUT2D eigenvalue weighted by Crippen LogP contribution is -2.24. The molecule has 1 amide bonds. The molecule has 2 atom stereocenters. The predicted octanol–water partition coefficient (Wildman–Crippen LogP) is 3.19. The van der Waals surface area contributed by atoms with Crippen LogP contribution in [0.4, 0.5) is 17.3 Å². The minimum atomic E-state index is -0.660. The van der Waals surface area contributed by atoms with Crippen LogP contribution in [0, 0.1) is 17.2 Å². The van der Waals surface area contributed by atoms with Crippen LogP contribution in [0.1, 0.15) is 36.2 Å². The van der Waals surface area contributed by atoms with Crippen molar-refractivity contribution in [1.29, 1.82) is 5.26 Å². The van der Waals surface area contributed by atoms with Crippen LogP contribution in [0.15, 0.2) is 29.8 Å². The van der Waals surface area contributed by atoms with Gasteiger partial charge in [0.15, 0.2) is 0 Å². The third-order valence-electron chi connectivity index (χ3n) is 4.54. The second kappa shape index (κ2) is 8.86. The summed E-state index contributed by atoms with van der Waals surface area (Å²) >= 11 is 1.52. The Morgan fingerprint density at radius 1 is 1.31 bits per heavy atom. The van der Waals surface area contributed by atoms with Gasteiger partial charge in [0.1, 0.15) is 17.7 Å². The molecule has 0 aliphatic heterocycles. The Hall–Kier alpha value is -3.22. The Balaban J connectivity index is 1.95. The van der Waals surface area contributed by atoms with E-state index in [1.54, 1.807) is 5.51 Å². The third-order valence-corrected chi connectivity index (χ3v) is 5.34. The minimum Gasteiger partial charge on any atom is -0.366 e. The first-order valence-electron chi connectivity index (χ1n) is 9.23. The van der Waals surface area contributed by atoms with Gasteiger partial charge in [0.25, 0.3) is 5.91 Å². The van der Waals surface area contributed by atoms with Crippen molar-refractivity contribution in [3.8, 4) is 6.07 Å². The summed E-state index contributed by atoms with van der Waals surface area (Å²) in [7, 11) is 0. The molecule has 0 spiro atoms. The standard InChI is InChI=1S/C20H23N7OS/c1-11(8-21)5-12(2)25-19-13(9-22)6-15(18(23)28)20(27-19)26-14-3-4-16-17(7-14)29-10-24-16/h3-4,6-7,10-12H,5,8,21H2,1-2H3,(H2,23,28)(H2,25,26,27). The summed E-state index contributed by atoms with van der Waals surface area (Å²) in [5.41, 5.74) is 15.1. The molecule has 2 heterocycles. The number of hydrogen-bond donors (Lipinski definition) is 4. The van der Waals surface area contributed by atoms with Crippen LogP contribution in [0.2, 0.25) is 0 Å². The summed E-state index contributed by atoms with van der Waals surface area (Å²) in [6.07, 6.45) is 0.825. The first kappa shape index (κ1) is 20.5. The van der Waals surface area contributed by atoms with E-state index in [1.807, 2.05) is 25.1 Å². The van der Waals surface area contributed by atoms with Crippen molar-refractivity contribution in [2.24, 2.45) is 17.4 Å². The lowest BCUT2D eigenvalue weighted by molar-refractivity contribution is 0.100. The molecule has 6 N–H and O–H groups in total. The Labute approximate surface area is 173 Å². The second-order valence-corrected chi connectivity index (χ2v) is 7.92. The van der Waals surface area contributed by atoms with Gasteiger partial charge >= 0.3 is 0 Å². The Bertz CT molecular complexity index is 1070. The fourth-order valence-electron chi connectivity index (χ4n) is 3.05. The van der Waals surface area contributed by atoms with Gasteiger partial charge in [-0.15, -0.1) is 11.3 Å². The zero-order valence-electron chi connectivity index (χ0n) is 16.3. The van der Waals surface area contributed by atoms with Crippen LogP contribution in [-0.4, -0.2) is 28.5 Å². The van der Waals surface area contributed by atoms with Gasteiger partial charge in [-0.1, -0.05) is 6.92 Å². The molecule has 1 aromatic carbocycles. The van der Waals surface area contributed by atoms with E-state index >= 15 is 0 Å². The number of fused-ring (bicyclic) bond motifs is 1. The first-order valence-corrected chi connectivity index (χ1v) is 10.1. The molecular weight excluding hydrogens is 386 g/mol. The highest BCUT2D eigenvalue weighted by atomic mass is 32.1. The Morgan fingerprint density at radius 3 is 2.79 bits per heavy atom. The van der Waals surface area contributed by atoms with Crippen molar-refractivity contribution in [2.75, 3.05) is 17.2 Å². The average Bonchev–Trinajstić information content (AvgIpc) is 3.15. The van der Waals surface area contributed by atoms with Gasteiger partial charge in [0.2, 0.25) is 0 Å². The maximum absolute atomic E-state index is 12.0. The van der Waals surface area contributed by atoms with Gasteiger partial charge in [-0.2, -0.15) is 5.26 Å². The number of carbonyl (C=O) groups is 1. The number of benzene rings is 1. The number of amides is 1. The van der Waals surface area contributed by atoms with Gasteiger partial charge in [0.05, 0.1) is 26.9 Å². The summed E-state index contributed by atoms with van der Waals surface area (Å²) in [6, 6.07) is 9.26. The van der Waals surface area contributed by atoms with Crippen LogP contribution in [-0.2, 0) is 0 Å². The van der Waals surface area contributed by atoms with Crippen LogP contribution in [0.3, 0.4) is 0 Å². The number of thiazole rings is 1. The predicted molar refractivity (Wildman–Crippen MR) is 116 cm³/mol. The van der Waals surface area contributed by atoms with Crippen LogP contribution in [0.25, 0.3) is 10.2 Å². The highest BCUT2D eigenvalue weighted by Gasteiger charge is 2.18. The summed E-state index contributed by atoms with van der Waals surface area (Å²) < 4.78 is 1.01. The van der Waals surface area contributed by atoms with Gasteiger partial charge in [-0.05, 0) is 50.1 Å². The van der Waals surface area contributed by atoms with Crippen molar-refractivity contribution < 1.29 is 4.79 Å². The van der Waals surface area contributed by atoms with E-state index in [1.165, 1.54) is 17.4 Å². The molecule has 3 aromatic rings. The van der Waals surface area contributed by atoms with E-state index < -0.39 is 5.91 Å². The molecule has 29 heavy (non-hydrogen) atoms. The number of nitrogens with one attached hydrogen (secondary N) is 2. The van der Waals surface area contributed by atoms with E-state index in [2.05, 4.69) is 33.6 Å². The maximum Gasteiger partial charge on any atom is 0.252 e. The maximum atomic E-state index is 12.0. The Kier molecular flexibility index (Phi) is 6.26. The topological polar surface area (TPSA) is 143 Å². The number of aromatic nitrogens is 2. The molecule has 8 nitrogen and oxygen atoms in total. The molecule has 0 aliphatic rings. The number of carbonyl (C=O) groups excluding carboxylic acids is 1. The lowest BCUT2D eigenvalue weighted by Gasteiger charge is -2.20. The fraction of sp³-hybridized carbons (Fsp3) is 0.300. The SMILES string of the molecule is CC(CN)CC(C)Nc1nc(Nc2ccc3ncsc3c2)c(C(N)=O)cc1C#N. The molecular formula is C20H23N7OS. The van der Waals surface area contributed by atoms with E-state index in [0.717, 1.165) is 22.3 Å². The number of nitrogens with two attached hydrogens (primary N) is 2. The summed E-state index contributed by atoms with van der Waals surface area (Å²) in [6.45, 7) is 4.65. The summed E-state index contributed by atoms with van der Waals surface area (Å²) in [4.78, 5) is 20.7. The van der Waals surface area contributed by atoms with Crippen molar-refractivity contribution in [3.05, 3.63) is 40.9 Å². The van der Waals surface area contributed by atoms with Gasteiger partial charge in [-0.3, -0.25) is 4.79 Å². The van der Waals surface area contributed by atoms with E-state index in [-0.39, 0.29) is 17.2 Å². The number of pyridine rings is 1.